The van der Waals surface area contributed by atoms with Crippen LogP contribution in [0.5, 0.6) is 0 Å². The standard InChI is InChI=1S/C16H11FOS/c17-14-7-5-11(6-8-14)16-13(10-18)9-12-3-1-2-4-15(12)19-16/h1-10,16H/t16-/m1/s1. The number of hydrogen-bond donors (Lipinski definition) is 0. The van der Waals surface area contributed by atoms with Crippen LogP contribution in [0.2, 0.25) is 0 Å². The van der Waals surface area contributed by atoms with Crippen molar-refractivity contribution >= 4 is 24.1 Å². The smallest absolute Gasteiger partial charge is 0.147 e. The molecule has 94 valence electrons. The monoisotopic (exact) mass is 270 g/mol. The lowest BCUT2D eigenvalue weighted by atomic mass is 10.0. The van der Waals surface area contributed by atoms with Gasteiger partial charge >= 0.3 is 0 Å². The van der Waals surface area contributed by atoms with Gasteiger partial charge in [0.15, 0.2) is 0 Å². The van der Waals surface area contributed by atoms with Crippen molar-refractivity contribution in [2.45, 2.75) is 10.1 Å². The fourth-order valence-electron chi connectivity index (χ4n) is 2.15. The van der Waals surface area contributed by atoms with E-state index >= 15 is 0 Å². The molecular weight excluding hydrogens is 259 g/mol. The van der Waals surface area contributed by atoms with Crippen LogP contribution in [-0.2, 0) is 4.79 Å². The minimum absolute atomic E-state index is 0.0620. The zero-order valence-electron chi connectivity index (χ0n) is 10.0. The summed E-state index contributed by atoms with van der Waals surface area (Å²) in [4.78, 5) is 12.4. The maximum absolute atomic E-state index is 13.0. The minimum Gasteiger partial charge on any atom is -0.298 e. The molecular formula is C16H11FOS. The molecule has 0 unspecified atom stereocenters. The molecule has 3 rings (SSSR count). The second-order valence-electron chi connectivity index (χ2n) is 4.35. The number of rotatable bonds is 2. The lowest BCUT2D eigenvalue weighted by Crippen LogP contribution is -2.04. The van der Waals surface area contributed by atoms with Gasteiger partial charge in [-0.25, -0.2) is 4.39 Å². The first-order chi connectivity index (χ1) is 9.28. The van der Waals surface area contributed by atoms with Crippen LogP contribution in [0.15, 0.2) is 59.0 Å². The third-order valence-corrected chi connectivity index (χ3v) is 4.50. The van der Waals surface area contributed by atoms with E-state index in [-0.39, 0.29) is 11.1 Å². The van der Waals surface area contributed by atoms with Crippen LogP contribution in [0.25, 0.3) is 6.08 Å². The number of aldehydes is 1. The van der Waals surface area contributed by atoms with E-state index in [0.29, 0.717) is 0 Å². The highest BCUT2D eigenvalue weighted by atomic mass is 32.2. The molecule has 1 heterocycles. The Morgan fingerprint density at radius 2 is 1.79 bits per heavy atom. The molecule has 0 N–H and O–H groups in total. The Morgan fingerprint density at radius 1 is 1.05 bits per heavy atom. The summed E-state index contributed by atoms with van der Waals surface area (Å²) in [6.07, 6.45) is 2.80. The third kappa shape index (κ3) is 2.34. The van der Waals surface area contributed by atoms with Gasteiger partial charge in [0.05, 0.1) is 5.25 Å². The summed E-state index contributed by atoms with van der Waals surface area (Å²) in [5, 5.41) is -0.0620. The lowest BCUT2D eigenvalue weighted by molar-refractivity contribution is -0.104. The van der Waals surface area contributed by atoms with Gasteiger partial charge in [0.1, 0.15) is 12.1 Å². The van der Waals surface area contributed by atoms with E-state index in [1.807, 2.05) is 30.3 Å². The SMILES string of the molecule is O=CC1=Cc2ccccc2S[C@@H]1c1ccc(F)cc1. The van der Waals surface area contributed by atoms with Crippen LogP contribution in [0.1, 0.15) is 16.4 Å². The molecule has 3 heteroatoms. The molecule has 0 aromatic heterocycles. The number of halogens is 1. The van der Waals surface area contributed by atoms with Crippen molar-refractivity contribution in [2.24, 2.45) is 0 Å². The van der Waals surface area contributed by atoms with Crippen molar-refractivity contribution < 1.29 is 9.18 Å². The maximum atomic E-state index is 13.0. The Labute approximate surface area is 115 Å². The van der Waals surface area contributed by atoms with Crippen molar-refractivity contribution in [3.05, 3.63) is 71.0 Å². The number of benzene rings is 2. The Balaban J connectivity index is 2.04. The Kier molecular flexibility index (Phi) is 3.22. The normalized spacial score (nSPS) is 17.5. The quantitative estimate of drug-likeness (QED) is 0.759. The fraction of sp³-hybridized carbons (Fsp3) is 0.0625. The predicted octanol–water partition coefficient (Wildman–Crippen LogP) is 4.26. The van der Waals surface area contributed by atoms with Crippen molar-refractivity contribution in [3.63, 3.8) is 0 Å². The summed E-state index contributed by atoms with van der Waals surface area (Å²) in [5.41, 5.74) is 2.72. The summed E-state index contributed by atoms with van der Waals surface area (Å²) in [5.74, 6) is -0.262. The second-order valence-corrected chi connectivity index (χ2v) is 5.50. The Bertz CT molecular complexity index is 646. The number of carbonyl (C=O) groups is 1. The first-order valence-electron chi connectivity index (χ1n) is 5.96. The van der Waals surface area contributed by atoms with E-state index in [4.69, 9.17) is 0 Å². The van der Waals surface area contributed by atoms with Gasteiger partial charge in [-0.05, 0) is 35.4 Å². The summed E-state index contributed by atoms with van der Waals surface area (Å²) < 4.78 is 13.0. The van der Waals surface area contributed by atoms with Gasteiger partial charge in [0, 0.05) is 10.5 Å². The zero-order valence-corrected chi connectivity index (χ0v) is 10.9. The molecule has 1 aliphatic rings. The Morgan fingerprint density at radius 3 is 2.53 bits per heavy atom. The van der Waals surface area contributed by atoms with Crippen LogP contribution in [-0.4, -0.2) is 6.29 Å². The summed E-state index contributed by atoms with van der Waals surface area (Å²) >= 11 is 1.63. The van der Waals surface area contributed by atoms with Crippen molar-refractivity contribution in [2.75, 3.05) is 0 Å². The average Bonchev–Trinajstić information content (AvgIpc) is 2.46. The molecule has 0 spiro atoms. The largest absolute Gasteiger partial charge is 0.298 e. The van der Waals surface area contributed by atoms with Gasteiger partial charge in [-0.15, -0.1) is 11.8 Å². The van der Waals surface area contributed by atoms with E-state index < -0.39 is 0 Å². The summed E-state index contributed by atoms with van der Waals surface area (Å²) in [6, 6.07) is 14.3. The molecule has 0 saturated heterocycles. The topological polar surface area (TPSA) is 17.1 Å². The van der Waals surface area contributed by atoms with Crippen LogP contribution >= 0.6 is 11.8 Å². The number of fused-ring (bicyclic) bond motifs is 1. The molecule has 19 heavy (non-hydrogen) atoms. The first-order valence-corrected chi connectivity index (χ1v) is 6.84. The van der Waals surface area contributed by atoms with E-state index in [0.717, 1.165) is 27.9 Å². The first kappa shape index (κ1) is 12.2. The van der Waals surface area contributed by atoms with Gasteiger partial charge in [-0.3, -0.25) is 4.79 Å². The van der Waals surface area contributed by atoms with Crippen LogP contribution in [0, 0.1) is 5.82 Å². The number of hydrogen-bond acceptors (Lipinski definition) is 2. The average molecular weight is 270 g/mol. The molecule has 0 amide bonds. The minimum atomic E-state index is -0.262. The van der Waals surface area contributed by atoms with Gasteiger partial charge in [-0.2, -0.15) is 0 Å². The van der Waals surface area contributed by atoms with Crippen molar-refractivity contribution in [3.8, 4) is 0 Å². The van der Waals surface area contributed by atoms with Gasteiger partial charge in [0.2, 0.25) is 0 Å². The van der Waals surface area contributed by atoms with E-state index in [2.05, 4.69) is 0 Å². The van der Waals surface area contributed by atoms with Crippen molar-refractivity contribution in [1.29, 1.82) is 0 Å². The number of carbonyl (C=O) groups excluding carboxylic acids is 1. The maximum Gasteiger partial charge on any atom is 0.147 e. The van der Waals surface area contributed by atoms with Gasteiger partial charge in [-0.1, -0.05) is 30.3 Å². The van der Waals surface area contributed by atoms with Crippen molar-refractivity contribution in [1.82, 2.24) is 0 Å². The van der Waals surface area contributed by atoms with Crippen LogP contribution < -0.4 is 0 Å². The molecule has 0 saturated carbocycles. The molecule has 0 fully saturated rings. The molecule has 2 aromatic rings. The second kappa shape index (κ2) is 5.02. The zero-order chi connectivity index (χ0) is 13.2. The highest BCUT2D eigenvalue weighted by molar-refractivity contribution is 8.00. The lowest BCUT2D eigenvalue weighted by Gasteiger charge is -2.23. The summed E-state index contributed by atoms with van der Waals surface area (Å²) in [6.45, 7) is 0. The molecule has 1 atom stereocenters. The van der Waals surface area contributed by atoms with Gasteiger partial charge in [0.25, 0.3) is 0 Å². The molecule has 1 aliphatic heterocycles. The molecule has 0 bridgehead atoms. The fourth-order valence-corrected chi connectivity index (χ4v) is 3.38. The summed E-state index contributed by atoms with van der Waals surface area (Å²) in [7, 11) is 0. The molecule has 1 nitrogen and oxygen atoms in total. The highest BCUT2D eigenvalue weighted by Gasteiger charge is 2.23. The highest BCUT2D eigenvalue weighted by Crippen LogP contribution is 2.45. The molecule has 0 radical (unpaired) electrons. The van der Waals surface area contributed by atoms with E-state index in [1.54, 1.807) is 23.9 Å². The number of thioether (sulfide) groups is 1. The Hall–Kier alpha value is -1.87. The van der Waals surface area contributed by atoms with E-state index in [1.165, 1.54) is 12.1 Å². The predicted molar refractivity (Wildman–Crippen MR) is 75.5 cm³/mol. The molecule has 0 aliphatic carbocycles. The van der Waals surface area contributed by atoms with Crippen LogP contribution in [0.4, 0.5) is 4.39 Å². The van der Waals surface area contributed by atoms with E-state index in [9.17, 15) is 9.18 Å². The third-order valence-electron chi connectivity index (χ3n) is 3.10. The van der Waals surface area contributed by atoms with Crippen LogP contribution in [0.3, 0.4) is 0 Å². The van der Waals surface area contributed by atoms with Gasteiger partial charge < -0.3 is 0 Å². The molecule has 2 aromatic carbocycles.